The second-order valence-corrected chi connectivity index (χ2v) is 6.22. The maximum Gasteiger partial charge on any atom is 0.191 e. The Morgan fingerprint density at radius 1 is 1.21 bits per heavy atom. The van der Waals surface area contributed by atoms with E-state index in [1.165, 1.54) is 5.56 Å². The molecule has 0 bridgehead atoms. The second kappa shape index (κ2) is 12.4. The van der Waals surface area contributed by atoms with E-state index in [1.807, 2.05) is 18.2 Å². The molecular formula is C18H33IN4O. The number of likely N-dealkylation sites (N-methyl/N-ethyl adjacent to an activating group) is 1. The highest BCUT2D eigenvalue weighted by atomic mass is 127. The normalized spacial score (nSPS) is 12.8. The van der Waals surface area contributed by atoms with Crippen molar-refractivity contribution >= 4 is 29.9 Å². The van der Waals surface area contributed by atoms with Crippen molar-refractivity contribution in [3.05, 3.63) is 29.8 Å². The van der Waals surface area contributed by atoms with E-state index in [-0.39, 0.29) is 30.0 Å². The van der Waals surface area contributed by atoms with Crippen LogP contribution < -0.4 is 15.4 Å². The van der Waals surface area contributed by atoms with Gasteiger partial charge in [0, 0.05) is 25.2 Å². The molecule has 2 N–H and O–H groups in total. The first-order valence-electron chi connectivity index (χ1n) is 8.31. The van der Waals surface area contributed by atoms with E-state index in [0.717, 1.165) is 31.3 Å². The molecule has 0 aliphatic rings. The van der Waals surface area contributed by atoms with Crippen molar-refractivity contribution in [2.45, 2.75) is 26.8 Å². The zero-order valence-electron chi connectivity index (χ0n) is 15.8. The summed E-state index contributed by atoms with van der Waals surface area (Å²) in [5.74, 6) is 2.32. The number of hydrogen-bond donors (Lipinski definition) is 2. The Hall–Kier alpha value is -1.02. The fourth-order valence-corrected chi connectivity index (χ4v) is 2.32. The van der Waals surface area contributed by atoms with Gasteiger partial charge < -0.3 is 20.3 Å². The van der Waals surface area contributed by atoms with Crippen molar-refractivity contribution in [2.75, 3.05) is 40.8 Å². The Morgan fingerprint density at radius 2 is 1.88 bits per heavy atom. The lowest BCUT2D eigenvalue weighted by Gasteiger charge is -2.27. The van der Waals surface area contributed by atoms with Gasteiger partial charge in [-0.1, -0.05) is 32.0 Å². The van der Waals surface area contributed by atoms with Crippen molar-refractivity contribution in [2.24, 2.45) is 10.9 Å². The molecule has 0 radical (unpaired) electrons. The molecule has 1 aromatic carbocycles. The van der Waals surface area contributed by atoms with Crippen LogP contribution in [0.2, 0.25) is 0 Å². The van der Waals surface area contributed by atoms with E-state index in [4.69, 9.17) is 4.74 Å². The SMILES string of the molecule is CCNC(=NCC(C)C)NCC(c1ccccc1OC)N(C)C.I. The van der Waals surface area contributed by atoms with Crippen molar-refractivity contribution < 1.29 is 4.74 Å². The van der Waals surface area contributed by atoms with Gasteiger partial charge in [-0.3, -0.25) is 4.99 Å². The number of para-hydroxylation sites is 1. The molecule has 1 atom stereocenters. The van der Waals surface area contributed by atoms with E-state index in [2.05, 4.69) is 61.5 Å². The summed E-state index contributed by atoms with van der Waals surface area (Å²) in [4.78, 5) is 6.82. The molecule has 1 aromatic rings. The highest BCUT2D eigenvalue weighted by Gasteiger charge is 2.18. The van der Waals surface area contributed by atoms with E-state index in [1.54, 1.807) is 7.11 Å². The van der Waals surface area contributed by atoms with Crippen LogP contribution in [0.25, 0.3) is 0 Å². The Labute approximate surface area is 164 Å². The minimum atomic E-state index is 0. The monoisotopic (exact) mass is 448 g/mol. The minimum absolute atomic E-state index is 0. The van der Waals surface area contributed by atoms with Gasteiger partial charge in [-0.25, -0.2) is 0 Å². The molecule has 138 valence electrons. The number of nitrogens with zero attached hydrogens (tertiary/aromatic N) is 2. The molecule has 0 aromatic heterocycles. The highest BCUT2D eigenvalue weighted by molar-refractivity contribution is 14.0. The summed E-state index contributed by atoms with van der Waals surface area (Å²) in [6.45, 7) is 8.85. The molecule has 0 saturated carbocycles. The number of rotatable bonds is 8. The molecule has 1 rings (SSSR count). The van der Waals surface area contributed by atoms with Gasteiger partial charge in [0.15, 0.2) is 5.96 Å². The lowest BCUT2D eigenvalue weighted by molar-refractivity contribution is 0.287. The van der Waals surface area contributed by atoms with E-state index >= 15 is 0 Å². The van der Waals surface area contributed by atoms with Crippen LogP contribution in [0, 0.1) is 5.92 Å². The summed E-state index contributed by atoms with van der Waals surface area (Å²) < 4.78 is 5.51. The van der Waals surface area contributed by atoms with Gasteiger partial charge in [-0.05, 0) is 33.0 Å². The Morgan fingerprint density at radius 3 is 2.42 bits per heavy atom. The van der Waals surface area contributed by atoms with E-state index < -0.39 is 0 Å². The maximum absolute atomic E-state index is 5.51. The number of benzene rings is 1. The smallest absolute Gasteiger partial charge is 0.191 e. The Balaban J connectivity index is 0.00000529. The number of halogens is 1. The fraction of sp³-hybridized carbons (Fsp3) is 0.611. The largest absolute Gasteiger partial charge is 0.496 e. The van der Waals surface area contributed by atoms with Crippen LogP contribution in [0.4, 0.5) is 0 Å². The number of ether oxygens (including phenoxy) is 1. The molecule has 6 heteroatoms. The molecule has 24 heavy (non-hydrogen) atoms. The highest BCUT2D eigenvalue weighted by Crippen LogP contribution is 2.27. The molecule has 0 spiro atoms. The fourth-order valence-electron chi connectivity index (χ4n) is 2.32. The molecule has 0 fully saturated rings. The van der Waals surface area contributed by atoms with Crippen molar-refractivity contribution in [1.82, 2.24) is 15.5 Å². The van der Waals surface area contributed by atoms with Gasteiger partial charge in [-0.2, -0.15) is 0 Å². The number of hydrogen-bond acceptors (Lipinski definition) is 3. The van der Waals surface area contributed by atoms with Gasteiger partial charge in [0.2, 0.25) is 0 Å². The lowest BCUT2D eigenvalue weighted by Crippen LogP contribution is -2.42. The zero-order valence-corrected chi connectivity index (χ0v) is 18.1. The van der Waals surface area contributed by atoms with Gasteiger partial charge in [0.1, 0.15) is 5.75 Å². The minimum Gasteiger partial charge on any atom is -0.496 e. The van der Waals surface area contributed by atoms with Gasteiger partial charge in [-0.15, -0.1) is 24.0 Å². The number of methoxy groups -OCH3 is 1. The topological polar surface area (TPSA) is 48.9 Å². The molecular weight excluding hydrogens is 415 g/mol. The molecule has 0 amide bonds. The van der Waals surface area contributed by atoms with E-state index in [0.29, 0.717) is 5.92 Å². The maximum atomic E-state index is 5.51. The third-order valence-electron chi connectivity index (χ3n) is 3.54. The summed E-state index contributed by atoms with van der Waals surface area (Å²) in [6, 6.07) is 8.37. The van der Waals surface area contributed by atoms with Crippen LogP contribution in [-0.2, 0) is 0 Å². The van der Waals surface area contributed by atoms with Crippen LogP contribution in [0.3, 0.4) is 0 Å². The summed E-state index contributed by atoms with van der Waals surface area (Å²) in [6.07, 6.45) is 0. The first-order valence-corrected chi connectivity index (χ1v) is 8.31. The molecule has 0 heterocycles. The van der Waals surface area contributed by atoms with Crippen molar-refractivity contribution in [3.63, 3.8) is 0 Å². The van der Waals surface area contributed by atoms with Crippen LogP contribution >= 0.6 is 24.0 Å². The van der Waals surface area contributed by atoms with Gasteiger partial charge in [0.25, 0.3) is 0 Å². The first kappa shape index (κ1) is 23.0. The third kappa shape index (κ3) is 7.70. The van der Waals surface area contributed by atoms with Gasteiger partial charge >= 0.3 is 0 Å². The second-order valence-electron chi connectivity index (χ2n) is 6.22. The summed E-state index contributed by atoms with van der Waals surface area (Å²) in [5, 5.41) is 6.75. The average Bonchev–Trinajstić information content (AvgIpc) is 2.52. The lowest BCUT2D eigenvalue weighted by atomic mass is 10.0. The number of aliphatic imine (C=N–C) groups is 1. The zero-order chi connectivity index (χ0) is 17.2. The average molecular weight is 448 g/mol. The summed E-state index contributed by atoms with van der Waals surface area (Å²) in [7, 11) is 5.88. The molecule has 1 unspecified atom stereocenters. The summed E-state index contributed by atoms with van der Waals surface area (Å²) >= 11 is 0. The standard InChI is InChI=1S/C18H32N4O.HI/c1-7-19-18(20-12-14(2)3)21-13-16(22(4)5)15-10-8-9-11-17(15)23-6;/h8-11,14,16H,7,12-13H2,1-6H3,(H2,19,20,21);1H. The van der Waals surface area contributed by atoms with Gasteiger partial charge in [0.05, 0.1) is 13.2 Å². The quantitative estimate of drug-likeness (QED) is 0.365. The third-order valence-corrected chi connectivity index (χ3v) is 3.54. The van der Waals surface area contributed by atoms with Crippen LogP contribution in [0.5, 0.6) is 5.75 Å². The molecule has 0 aliphatic heterocycles. The number of guanidine groups is 1. The predicted molar refractivity (Wildman–Crippen MR) is 114 cm³/mol. The van der Waals surface area contributed by atoms with Crippen molar-refractivity contribution in [3.8, 4) is 5.75 Å². The Kier molecular flexibility index (Phi) is 11.8. The van der Waals surface area contributed by atoms with Crippen LogP contribution in [0.15, 0.2) is 29.3 Å². The van der Waals surface area contributed by atoms with Crippen LogP contribution in [0.1, 0.15) is 32.4 Å². The summed E-state index contributed by atoms with van der Waals surface area (Å²) in [5.41, 5.74) is 1.17. The molecule has 5 nitrogen and oxygen atoms in total. The Bertz CT molecular complexity index is 492. The van der Waals surface area contributed by atoms with Crippen LogP contribution in [-0.4, -0.2) is 51.7 Å². The molecule has 0 saturated heterocycles. The number of nitrogens with one attached hydrogen (secondary N) is 2. The van der Waals surface area contributed by atoms with E-state index in [9.17, 15) is 0 Å². The van der Waals surface area contributed by atoms with Crippen molar-refractivity contribution in [1.29, 1.82) is 0 Å². The first-order chi connectivity index (χ1) is 11.0. The predicted octanol–water partition coefficient (Wildman–Crippen LogP) is 3.13. The molecule has 0 aliphatic carbocycles.